The zero-order valence-electron chi connectivity index (χ0n) is 11.6. The Morgan fingerprint density at radius 3 is 2.95 bits per heavy atom. The molecular weight excluding hydrogens is 257 g/mol. The maximum atomic E-state index is 13.2. The van der Waals surface area contributed by atoms with Crippen molar-refractivity contribution in [1.82, 2.24) is 9.97 Å². The van der Waals surface area contributed by atoms with E-state index in [1.165, 1.54) is 12.1 Å². The molecule has 0 bridgehead atoms. The Hall–Kier alpha value is -2.17. The smallest absolute Gasteiger partial charge is 0.226 e. The van der Waals surface area contributed by atoms with Crippen LogP contribution in [0.25, 0.3) is 0 Å². The molecule has 1 aromatic carbocycles. The molecule has 0 saturated carbocycles. The second-order valence-electron chi connectivity index (χ2n) is 4.49. The fourth-order valence-electron chi connectivity index (χ4n) is 1.75. The molecule has 2 rings (SSSR count). The van der Waals surface area contributed by atoms with Crippen molar-refractivity contribution in [3.63, 3.8) is 0 Å². The zero-order valence-corrected chi connectivity index (χ0v) is 11.6. The molecule has 1 N–H and O–H groups in total. The summed E-state index contributed by atoms with van der Waals surface area (Å²) in [7, 11) is 0. The van der Waals surface area contributed by atoms with E-state index in [-0.39, 0.29) is 11.9 Å². The van der Waals surface area contributed by atoms with Gasteiger partial charge in [-0.05, 0) is 31.0 Å². The highest BCUT2D eigenvalue weighted by atomic mass is 19.1. The van der Waals surface area contributed by atoms with Gasteiger partial charge in [0.15, 0.2) is 0 Å². The van der Waals surface area contributed by atoms with Crippen molar-refractivity contribution in [2.75, 3.05) is 11.9 Å². The van der Waals surface area contributed by atoms with E-state index in [1.807, 2.05) is 19.9 Å². The SMILES string of the molecule is CCCOc1ccnc(NC(C)c2cccc(F)c2)n1. The molecule has 106 valence electrons. The van der Waals surface area contributed by atoms with Gasteiger partial charge in [0.1, 0.15) is 5.82 Å². The van der Waals surface area contributed by atoms with Crippen molar-refractivity contribution >= 4 is 5.95 Å². The van der Waals surface area contributed by atoms with Gasteiger partial charge in [-0.15, -0.1) is 0 Å². The third kappa shape index (κ3) is 3.91. The highest BCUT2D eigenvalue weighted by molar-refractivity contribution is 5.33. The quantitative estimate of drug-likeness (QED) is 0.875. The minimum absolute atomic E-state index is 0.0906. The van der Waals surface area contributed by atoms with E-state index in [0.717, 1.165) is 12.0 Å². The molecule has 2 aromatic rings. The number of anilines is 1. The van der Waals surface area contributed by atoms with Gasteiger partial charge < -0.3 is 10.1 Å². The minimum Gasteiger partial charge on any atom is -0.478 e. The van der Waals surface area contributed by atoms with Crippen LogP contribution in [0.5, 0.6) is 5.88 Å². The largest absolute Gasteiger partial charge is 0.478 e. The Balaban J connectivity index is 2.05. The molecule has 0 amide bonds. The lowest BCUT2D eigenvalue weighted by atomic mass is 10.1. The number of benzene rings is 1. The van der Waals surface area contributed by atoms with Crippen molar-refractivity contribution in [2.24, 2.45) is 0 Å². The Kier molecular flexibility index (Phi) is 4.87. The highest BCUT2D eigenvalue weighted by Gasteiger charge is 2.08. The molecule has 0 fully saturated rings. The van der Waals surface area contributed by atoms with E-state index >= 15 is 0 Å². The molecule has 0 aliphatic heterocycles. The van der Waals surface area contributed by atoms with Gasteiger partial charge in [0.05, 0.1) is 12.6 Å². The monoisotopic (exact) mass is 275 g/mol. The summed E-state index contributed by atoms with van der Waals surface area (Å²) in [6.45, 7) is 4.58. The number of nitrogens with one attached hydrogen (secondary N) is 1. The minimum atomic E-state index is -0.253. The Morgan fingerprint density at radius 1 is 1.35 bits per heavy atom. The fourth-order valence-corrected chi connectivity index (χ4v) is 1.75. The van der Waals surface area contributed by atoms with Gasteiger partial charge in [0.25, 0.3) is 0 Å². The first-order chi connectivity index (χ1) is 9.69. The number of rotatable bonds is 6. The Labute approximate surface area is 118 Å². The first-order valence-corrected chi connectivity index (χ1v) is 6.67. The van der Waals surface area contributed by atoms with Crippen LogP contribution in [-0.4, -0.2) is 16.6 Å². The maximum absolute atomic E-state index is 13.2. The third-order valence-corrected chi connectivity index (χ3v) is 2.78. The first-order valence-electron chi connectivity index (χ1n) is 6.67. The summed E-state index contributed by atoms with van der Waals surface area (Å²) in [4.78, 5) is 8.40. The van der Waals surface area contributed by atoms with Gasteiger partial charge in [0, 0.05) is 12.3 Å². The summed E-state index contributed by atoms with van der Waals surface area (Å²) in [5.41, 5.74) is 0.841. The lowest BCUT2D eigenvalue weighted by Crippen LogP contribution is -2.10. The number of halogens is 1. The van der Waals surface area contributed by atoms with Gasteiger partial charge in [-0.25, -0.2) is 9.37 Å². The number of hydrogen-bond donors (Lipinski definition) is 1. The lowest BCUT2D eigenvalue weighted by Gasteiger charge is -2.14. The molecule has 0 radical (unpaired) electrons. The van der Waals surface area contributed by atoms with Crippen LogP contribution in [-0.2, 0) is 0 Å². The predicted octanol–water partition coefficient (Wildman–Crippen LogP) is 3.58. The number of aromatic nitrogens is 2. The Morgan fingerprint density at radius 2 is 2.20 bits per heavy atom. The third-order valence-electron chi connectivity index (χ3n) is 2.78. The van der Waals surface area contributed by atoms with Crippen LogP contribution in [0.2, 0.25) is 0 Å². The maximum Gasteiger partial charge on any atom is 0.226 e. The molecule has 0 saturated heterocycles. The number of hydrogen-bond acceptors (Lipinski definition) is 4. The summed E-state index contributed by atoms with van der Waals surface area (Å²) in [6, 6.07) is 8.09. The van der Waals surface area contributed by atoms with Crippen LogP contribution >= 0.6 is 0 Å². The van der Waals surface area contributed by atoms with Gasteiger partial charge in [-0.2, -0.15) is 4.98 Å². The molecule has 4 nitrogen and oxygen atoms in total. The van der Waals surface area contributed by atoms with E-state index in [9.17, 15) is 4.39 Å². The topological polar surface area (TPSA) is 47.0 Å². The van der Waals surface area contributed by atoms with Crippen LogP contribution in [0.15, 0.2) is 36.5 Å². The van der Waals surface area contributed by atoms with Crippen LogP contribution in [0.1, 0.15) is 31.9 Å². The van der Waals surface area contributed by atoms with Crippen molar-refractivity contribution in [1.29, 1.82) is 0 Å². The van der Waals surface area contributed by atoms with Crippen molar-refractivity contribution in [2.45, 2.75) is 26.3 Å². The van der Waals surface area contributed by atoms with E-state index in [0.29, 0.717) is 18.4 Å². The standard InChI is InChI=1S/C15H18FN3O/c1-3-9-20-14-7-8-17-15(19-14)18-11(2)12-5-4-6-13(16)10-12/h4-8,10-11H,3,9H2,1-2H3,(H,17,18,19). The Bertz CT molecular complexity index is 562. The average molecular weight is 275 g/mol. The fraction of sp³-hybridized carbons (Fsp3) is 0.333. The molecule has 0 aliphatic rings. The molecule has 1 heterocycles. The first kappa shape index (κ1) is 14.2. The molecule has 1 aromatic heterocycles. The second kappa shape index (κ2) is 6.84. The highest BCUT2D eigenvalue weighted by Crippen LogP contribution is 2.18. The zero-order chi connectivity index (χ0) is 14.4. The average Bonchev–Trinajstić information content (AvgIpc) is 2.45. The summed E-state index contributed by atoms with van der Waals surface area (Å²) in [6.07, 6.45) is 2.56. The van der Waals surface area contributed by atoms with E-state index in [4.69, 9.17) is 4.74 Å². The summed E-state index contributed by atoms with van der Waals surface area (Å²) < 4.78 is 18.6. The van der Waals surface area contributed by atoms with Crippen LogP contribution in [0, 0.1) is 5.82 Å². The van der Waals surface area contributed by atoms with Gasteiger partial charge in [0.2, 0.25) is 11.8 Å². The predicted molar refractivity (Wildman–Crippen MR) is 76.3 cm³/mol. The normalized spacial score (nSPS) is 11.9. The summed E-state index contributed by atoms with van der Waals surface area (Å²) >= 11 is 0. The second-order valence-corrected chi connectivity index (χ2v) is 4.49. The van der Waals surface area contributed by atoms with E-state index < -0.39 is 0 Å². The number of ether oxygens (including phenoxy) is 1. The molecule has 0 aliphatic carbocycles. The van der Waals surface area contributed by atoms with Gasteiger partial charge >= 0.3 is 0 Å². The summed E-state index contributed by atoms with van der Waals surface area (Å²) in [5.74, 6) is 0.753. The molecule has 5 heteroatoms. The van der Waals surface area contributed by atoms with Crippen molar-refractivity contribution in [3.05, 3.63) is 47.9 Å². The molecule has 1 unspecified atom stereocenters. The number of nitrogens with zero attached hydrogens (tertiary/aromatic N) is 2. The molecule has 1 atom stereocenters. The van der Waals surface area contributed by atoms with Crippen molar-refractivity contribution < 1.29 is 9.13 Å². The van der Waals surface area contributed by atoms with Crippen molar-refractivity contribution in [3.8, 4) is 5.88 Å². The van der Waals surface area contributed by atoms with Gasteiger partial charge in [-0.1, -0.05) is 19.1 Å². The van der Waals surface area contributed by atoms with Crippen LogP contribution in [0.3, 0.4) is 0 Å². The summed E-state index contributed by atoms with van der Waals surface area (Å²) in [5, 5.41) is 3.13. The van der Waals surface area contributed by atoms with Gasteiger partial charge in [-0.3, -0.25) is 0 Å². The molecular formula is C15H18FN3O. The van der Waals surface area contributed by atoms with Crippen LogP contribution in [0.4, 0.5) is 10.3 Å². The molecule has 20 heavy (non-hydrogen) atoms. The molecule has 0 spiro atoms. The van der Waals surface area contributed by atoms with E-state index in [1.54, 1.807) is 18.3 Å². The van der Waals surface area contributed by atoms with Crippen LogP contribution < -0.4 is 10.1 Å². The lowest BCUT2D eigenvalue weighted by molar-refractivity contribution is 0.305. The van der Waals surface area contributed by atoms with E-state index in [2.05, 4.69) is 15.3 Å².